The van der Waals surface area contributed by atoms with E-state index in [0.717, 1.165) is 0 Å². The number of hydrogen-bond donors (Lipinski definition) is 0. The van der Waals surface area contributed by atoms with Crippen LogP contribution >= 0.6 is 27.5 Å². The monoisotopic (exact) mass is 316 g/mol. The fourth-order valence-corrected chi connectivity index (χ4v) is 1.95. The van der Waals surface area contributed by atoms with Crippen molar-refractivity contribution < 1.29 is 13.6 Å². The van der Waals surface area contributed by atoms with Crippen LogP contribution in [-0.4, -0.2) is 5.78 Å². The molecule has 1 heterocycles. The minimum atomic E-state index is -0.489. The van der Waals surface area contributed by atoms with Gasteiger partial charge in [-0.3, -0.25) is 4.79 Å². The predicted molar refractivity (Wildman–Crippen MR) is 65.9 cm³/mol. The smallest absolute Gasteiger partial charge is 0.202 e. The van der Waals surface area contributed by atoms with E-state index in [1.165, 1.54) is 18.2 Å². The molecule has 5 heteroatoms. The SMILES string of the molecule is O=C(Cc1c(F)cccc1Cl)c1ccc(Br)o1. The van der Waals surface area contributed by atoms with Crippen molar-refractivity contribution in [3.63, 3.8) is 0 Å². The average Bonchev–Trinajstić information content (AvgIpc) is 2.70. The maximum Gasteiger partial charge on any atom is 0.202 e. The van der Waals surface area contributed by atoms with E-state index in [1.807, 2.05) is 0 Å². The van der Waals surface area contributed by atoms with Crippen LogP contribution in [-0.2, 0) is 6.42 Å². The fraction of sp³-hybridized carbons (Fsp3) is 0.0833. The molecule has 1 aromatic heterocycles. The first kappa shape index (κ1) is 12.3. The number of Topliss-reactive ketones (excluding diaryl/α,β-unsaturated/α-hetero) is 1. The molecular weight excluding hydrogens is 310 g/mol. The van der Waals surface area contributed by atoms with Gasteiger partial charge in [0.25, 0.3) is 0 Å². The lowest BCUT2D eigenvalue weighted by molar-refractivity contribution is 0.0964. The first-order valence-corrected chi connectivity index (χ1v) is 5.96. The summed E-state index contributed by atoms with van der Waals surface area (Å²) < 4.78 is 19.0. The van der Waals surface area contributed by atoms with Gasteiger partial charge in [0.1, 0.15) is 5.82 Å². The number of furan rings is 1. The molecule has 0 radical (unpaired) electrons. The van der Waals surface area contributed by atoms with Crippen molar-refractivity contribution in [1.82, 2.24) is 0 Å². The number of rotatable bonds is 3. The van der Waals surface area contributed by atoms with Gasteiger partial charge in [-0.2, -0.15) is 0 Å². The number of carbonyl (C=O) groups excluding carboxylic acids is 1. The molecule has 0 atom stereocenters. The molecule has 2 aromatic rings. The summed E-state index contributed by atoms with van der Waals surface area (Å²) in [6.07, 6.45) is -0.120. The molecule has 0 fully saturated rings. The van der Waals surface area contributed by atoms with Crippen molar-refractivity contribution >= 4 is 33.3 Å². The summed E-state index contributed by atoms with van der Waals surface area (Å²) in [6, 6.07) is 7.45. The number of hydrogen-bond acceptors (Lipinski definition) is 2. The Hall–Kier alpha value is -1.13. The average molecular weight is 318 g/mol. The van der Waals surface area contributed by atoms with Crippen molar-refractivity contribution in [2.24, 2.45) is 0 Å². The number of ketones is 1. The van der Waals surface area contributed by atoms with E-state index in [1.54, 1.807) is 12.1 Å². The van der Waals surface area contributed by atoms with Gasteiger partial charge in [0.05, 0.1) is 0 Å². The van der Waals surface area contributed by atoms with Gasteiger partial charge in [0.15, 0.2) is 10.4 Å². The van der Waals surface area contributed by atoms with E-state index < -0.39 is 5.82 Å². The maximum absolute atomic E-state index is 13.5. The van der Waals surface area contributed by atoms with Crippen LogP contribution in [0.25, 0.3) is 0 Å². The molecule has 0 saturated heterocycles. The van der Waals surface area contributed by atoms with E-state index in [2.05, 4.69) is 15.9 Å². The molecule has 2 rings (SSSR count). The molecule has 17 heavy (non-hydrogen) atoms. The van der Waals surface area contributed by atoms with Crippen LogP contribution in [0.2, 0.25) is 5.02 Å². The van der Waals surface area contributed by atoms with Crippen molar-refractivity contribution in [3.05, 3.63) is 57.2 Å². The molecule has 1 aromatic carbocycles. The summed E-state index contributed by atoms with van der Waals surface area (Å²) >= 11 is 8.93. The third-order valence-corrected chi connectivity index (χ3v) is 3.03. The van der Waals surface area contributed by atoms with Crippen LogP contribution in [0.1, 0.15) is 16.1 Å². The molecule has 0 amide bonds. The van der Waals surface area contributed by atoms with Gasteiger partial charge in [-0.05, 0) is 40.2 Å². The zero-order valence-electron chi connectivity index (χ0n) is 8.54. The van der Waals surface area contributed by atoms with Crippen LogP contribution < -0.4 is 0 Å². The Labute approximate surface area is 111 Å². The van der Waals surface area contributed by atoms with Gasteiger partial charge < -0.3 is 4.42 Å². The maximum atomic E-state index is 13.5. The summed E-state index contributed by atoms with van der Waals surface area (Å²) in [7, 11) is 0. The third kappa shape index (κ3) is 2.76. The second-order valence-corrected chi connectivity index (χ2v) is 4.59. The lowest BCUT2D eigenvalue weighted by atomic mass is 10.1. The molecule has 0 aliphatic rings. The number of halogens is 3. The minimum absolute atomic E-state index is 0.120. The highest BCUT2D eigenvalue weighted by molar-refractivity contribution is 9.10. The third-order valence-electron chi connectivity index (χ3n) is 2.25. The molecule has 88 valence electrons. The topological polar surface area (TPSA) is 30.2 Å². The predicted octanol–water partition coefficient (Wildman–Crippen LogP) is 4.26. The number of carbonyl (C=O) groups is 1. The lowest BCUT2D eigenvalue weighted by Gasteiger charge is -2.03. The normalized spacial score (nSPS) is 10.5. The molecule has 0 unspecified atom stereocenters. The molecule has 0 saturated carbocycles. The van der Waals surface area contributed by atoms with Crippen molar-refractivity contribution in [2.45, 2.75) is 6.42 Å². The summed E-state index contributed by atoms with van der Waals surface area (Å²) in [5, 5.41) is 0.240. The second kappa shape index (κ2) is 5.02. The highest BCUT2D eigenvalue weighted by Gasteiger charge is 2.16. The van der Waals surface area contributed by atoms with E-state index >= 15 is 0 Å². The quantitative estimate of drug-likeness (QED) is 0.792. The highest BCUT2D eigenvalue weighted by Crippen LogP contribution is 2.22. The molecule has 2 nitrogen and oxygen atoms in total. The summed E-state index contributed by atoms with van der Waals surface area (Å²) in [5.41, 5.74) is 0.187. The Morgan fingerprint density at radius 3 is 2.71 bits per heavy atom. The van der Waals surface area contributed by atoms with Gasteiger partial charge in [0, 0.05) is 17.0 Å². The summed E-state index contributed by atoms with van der Waals surface area (Å²) in [6.45, 7) is 0. The Morgan fingerprint density at radius 2 is 2.12 bits per heavy atom. The van der Waals surface area contributed by atoms with Crippen LogP contribution in [0.3, 0.4) is 0 Å². The Bertz CT molecular complexity index is 545. The molecule has 0 N–H and O–H groups in total. The van der Waals surface area contributed by atoms with Gasteiger partial charge in [-0.1, -0.05) is 17.7 Å². The summed E-state index contributed by atoms with van der Waals surface area (Å²) in [5.74, 6) is -0.629. The van der Waals surface area contributed by atoms with Crippen LogP contribution in [0.15, 0.2) is 39.4 Å². The van der Waals surface area contributed by atoms with Gasteiger partial charge in [-0.15, -0.1) is 0 Å². The Morgan fingerprint density at radius 1 is 1.35 bits per heavy atom. The molecule has 0 aliphatic carbocycles. The van der Waals surface area contributed by atoms with Crippen LogP contribution in [0.5, 0.6) is 0 Å². The largest absolute Gasteiger partial charge is 0.446 e. The van der Waals surface area contributed by atoms with E-state index in [0.29, 0.717) is 4.67 Å². The molecule has 0 spiro atoms. The van der Waals surface area contributed by atoms with Crippen molar-refractivity contribution in [2.75, 3.05) is 0 Å². The van der Waals surface area contributed by atoms with Crippen molar-refractivity contribution in [3.8, 4) is 0 Å². The van der Waals surface area contributed by atoms with Gasteiger partial charge in [0.2, 0.25) is 5.78 Å². The first-order valence-electron chi connectivity index (χ1n) is 4.79. The summed E-state index contributed by atoms with van der Waals surface area (Å²) in [4.78, 5) is 11.8. The van der Waals surface area contributed by atoms with Crippen molar-refractivity contribution in [1.29, 1.82) is 0 Å². The standard InChI is InChI=1S/C12H7BrClFO2/c13-12-5-4-11(17-12)10(16)6-7-8(14)2-1-3-9(7)15/h1-5H,6H2. The molecule has 0 bridgehead atoms. The molecular formula is C12H7BrClFO2. The second-order valence-electron chi connectivity index (χ2n) is 3.40. The van der Waals surface area contributed by atoms with E-state index in [9.17, 15) is 9.18 Å². The fourth-order valence-electron chi connectivity index (χ4n) is 1.41. The lowest BCUT2D eigenvalue weighted by Crippen LogP contribution is -2.04. The van der Waals surface area contributed by atoms with Gasteiger partial charge >= 0.3 is 0 Å². The van der Waals surface area contributed by atoms with E-state index in [4.69, 9.17) is 16.0 Å². The number of benzene rings is 1. The van der Waals surface area contributed by atoms with Gasteiger partial charge in [-0.25, -0.2) is 4.39 Å². The Kier molecular flexibility index (Phi) is 3.64. The first-order chi connectivity index (χ1) is 8.08. The van der Waals surface area contributed by atoms with Crippen LogP contribution in [0, 0.1) is 5.82 Å². The highest BCUT2D eigenvalue weighted by atomic mass is 79.9. The Balaban J connectivity index is 2.24. The minimum Gasteiger partial charge on any atom is -0.446 e. The molecule has 0 aliphatic heterocycles. The zero-order valence-corrected chi connectivity index (χ0v) is 10.9. The zero-order chi connectivity index (χ0) is 12.4. The van der Waals surface area contributed by atoms with E-state index in [-0.39, 0.29) is 28.6 Å². The van der Waals surface area contributed by atoms with Crippen LogP contribution in [0.4, 0.5) is 4.39 Å².